The molecule has 1 amide bonds. The Morgan fingerprint density at radius 1 is 1.47 bits per heavy atom. The van der Waals surface area contributed by atoms with E-state index >= 15 is 0 Å². The van der Waals surface area contributed by atoms with Crippen LogP contribution in [0.1, 0.15) is 35.7 Å². The summed E-state index contributed by atoms with van der Waals surface area (Å²) in [4.78, 5) is 14.5. The molecule has 1 aliphatic rings. The van der Waals surface area contributed by atoms with Crippen LogP contribution >= 0.6 is 0 Å². The van der Waals surface area contributed by atoms with E-state index in [4.69, 9.17) is 0 Å². The van der Waals surface area contributed by atoms with E-state index in [2.05, 4.69) is 12.2 Å². The van der Waals surface area contributed by atoms with Crippen LogP contribution < -0.4 is 5.32 Å². The minimum absolute atomic E-state index is 0.156. The molecule has 0 bridgehead atoms. The Kier molecular flexibility index (Phi) is 3.36. The highest BCUT2D eigenvalue weighted by Crippen LogP contribution is 2.24. The molecule has 0 radical (unpaired) electrons. The van der Waals surface area contributed by atoms with Crippen LogP contribution in [0.4, 0.5) is 5.69 Å². The normalized spacial score (nSPS) is 19.5. The first-order chi connectivity index (χ1) is 8.13. The molecule has 1 N–H and O–H groups in total. The van der Waals surface area contributed by atoms with Crippen molar-refractivity contribution in [3.63, 3.8) is 0 Å². The number of nitrogens with one attached hydrogen (secondary N) is 1. The van der Waals surface area contributed by atoms with Crippen molar-refractivity contribution in [3.05, 3.63) is 29.3 Å². The first-order valence-corrected chi connectivity index (χ1v) is 6.23. The maximum Gasteiger partial charge on any atom is 0.256 e. The number of hydrogen-bond donors (Lipinski definition) is 1. The zero-order chi connectivity index (χ0) is 12.4. The lowest BCUT2D eigenvalue weighted by Gasteiger charge is -2.23. The second-order valence-electron chi connectivity index (χ2n) is 4.79. The van der Waals surface area contributed by atoms with E-state index in [1.165, 1.54) is 0 Å². The Morgan fingerprint density at radius 2 is 2.24 bits per heavy atom. The van der Waals surface area contributed by atoms with Gasteiger partial charge in [0.05, 0.1) is 5.56 Å². The highest BCUT2D eigenvalue weighted by atomic mass is 16.2. The van der Waals surface area contributed by atoms with Gasteiger partial charge in [-0.05, 0) is 38.8 Å². The Balaban J connectivity index is 2.32. The fraction of sp³-hybridized carbons (Fsp3) is 0.500. The third-order valence-corrected chi connectivity index (χ3v) is 3.49. The van der Waals surface area contributed by atoms with Crippen molar-refractivity contribution >= 4 is 11.6 Å². The summed E-state index contributed by atoms with van der Waals surface area (Å²) in [6.45, 7) is 5.03. The molecule has 0 aliphatic carbocycles. The molecule has 0 saturated carbocycles. The molecule has 3 heteroatoms. The Labute approximate surface area is 103 Å². The minimum atomic E-state index is 0.156. The summed E-state index contributed by atoms with van der Waals surface area (Å²) >= 11 is 0. The second-order valence-corrected chi connectivity index (χ2v) is 4.79. The topological polar surface area (TPSA) is 32.3 Å². The van der Waals surface area contributed by atoms with Gasteiger partial charge in [-0.1, -0.05) is 11.6 Å². The van der Waals surface area contributed by atoms with E-state index < -0.39 is 0 Å². The molecule has 1 fully saturated rings. The fourth-order valence-electron chi connectivity index (χ4n) is 2.44. The zero-order valence-corrected chi connectivity index (χ0v) is 10.8. The van der Waals surface area contributed by atoms with Gasteiger partial charge in [0.2, 0.25) is 0 Å². The smallest absolute Gasteiger partial charge is 0.256 e. The van der Waals surface area contributed by atoms with Gasteiger partial charge in [0.15, 0.2) is 0 Å². The quantitative estimate of drug-likeness (QED) is 0.850. The van der Waals surface area contributed by atoms with Gasteiger partial charge >= 0.3 is 0 Å². The molecular formula is C14H20N2O. The monoisotopic (exact) mass is 232 g/mol. The maximum absolute atomic E-state index is 12.5. The third-order valence-electron chi connectivity index (χ3n) is 3.49. The number of hydrogen-bond acceptors (Lipinski definition) is 2. The lowest BCUT2D eigenvalue weighted by molar-refractivity contribution is 0.0748. The summed E-state index contributed by atoms with van der Waals surface area (Å²) in [6, 6.07) is 6.34. The van der Waals surface area contributed by atoms with Crippen LogP contribution in [0, 0.1) is 6.92 Å². The molecule has 1 atom stereocenters. The fourth-order valence-corrected chi connectivity index (χ4v) is 2.44. The number of nitrogens with zero attached hydrogens (tertiary/aromatic N) is 1. The number of benzene rings is 1. The zero-order valence-electron chi connectivity index (χ0n) is 10.8. The minimum Gasteiger partial charge on any atom is -0.387 e. The first-order valence-electron chi connectivity index (χ1n) is 6.23. The second kappa shape index (κ2) is 4.78. The van der Waals surface area contributed by atoms with E-state index in [-0.39, 0.29) is 5.91 Å². The Hall–Kier alpha value is -1.51. The number of rotatable bonds is 2. The summed E-state index contributed by atoms with van der Waals surface area (Å²) in [6.07, 6.45) is 2.24. The van der Waals surface area contributed by atoms with Gasteiger partial charge in [0, 0.05) is 25.3 Å². The van der Waals surface area contributed by atoms with Crippen LogP contribution in [0.3, 0.4) is 0 Å². The van der Waals surface area contributed by atoms with Crippen molar-refractivity contribution in [2.75, 3.05) is 18.9 Å². The lowest BCUT2D eigenvalue weighted by Crippen LogP contribution is -2.34. The van der Waals surface area contributed by atoms with Gasteiger partial charge in [-0.2, -0.15) is 0 Å². The van der Waals surface area contributed by atoms with Crippen molar-refractivity contribution in [2.45, 2.75) is 32.7 Å². The van der Waals surface area contributed by atoms with E-state index in [1.807, 2.05) is 37.1 Å². The predicted molar refractivity (Wildman–Crippen MR) is 70.5 cm³/mol. The number of likely N-dealkylation sites (tertiary alicyclic amines) is 1. The molecule has 3 nitrogen and oxygen atoms in total. The van der Waals surface area contributed by atoms with E-state index in [1.54, 1.807) is 0 Å². The van der Waals surface area contributed by atoms with Crippen LogP contribution in [-0.4, -0.2) is 30.4 Å². The number of aryl methyl sites for hydroxylation is 1. The Bertz CT molecular complexity index is 428. The van der Waals surface area contributed by atoms with Crippen LogP contribution in [0.5, 0.6) is 0 Å². The Morgan fingerprint density at radius 3 is 2.82 bits per heavy atom. The van der Waals surface area contributed by atoms with Gasteiger partial charge < -0.3 is 10.2 Å². The summed E-state index contributed by atoms with van der Waals surface area (Å²) in [5, 5.41) is 3.09. The van der Waals surface area contributed by atoms with Crippen molar-refractivity contribution in [3.8, 4) is 0 Å². The van der Waals surface area contributed by atoms with Crippen molar-refractivity contribution < 1.29 is 4.79 Å². The average Bonchev–Trinajstić information content (AvgIpc) is 2.74. The predicted octanol–water partition coefficient (Wildman–Crippen LogP) is 2.66. The molecule has 1 aromatic carbocycles. The molecular weight excluding hydrogens is 212 g/mol. The lowest BCUT2D eigenvalue weighted by atomic mass is 10.1. The number of amides is 1. The van der Waals surface area contributed by atoms with Crippen molar-refractivity contribution in [2.24, 2.45) is 0 Å². The standard InChI is InChI=1S/C14H20N2O/c1-10-6-7-13(15-3)12(9-10)14(17)16-8-4-5-11(16)2/h6-7,9,11,15H,4-5,8H2,1-3H3. The van der Waals surface area contributed by atoms with E-state index in [9.17, 15) is 4.79 Å². The summed E-state index contributed by atoms with van der Waals surface area (Å²) in [7, 11) is 1.86. The first kappa shape index (κ1) is 12.0. The van der Waals surface area contributed by atoms with Gasteiger partial charge in [0.1, 0.15) is 0 Å². The number of carbonyl (C=O) groups is 1. The molecule has 1 saturated heterocycles. The van der Waals surface area contributed by atoms with E-state index in [0.29, 0.717) is 6.04 Å². The molecule has 1 aromatic rings. The van der Waals surface area contributed by atoms with Crippen LogP contribution in [0.25, 0.3) is 0 Å². The molecule has 2 rings (SSSR count). The maximum atomic E-state index is 12.5. The summed E-state index contributed by atoms with van der Waals surface area (Å²) < 4.78 is 0. The highest BCUT2D eigenvalue weighted by Gasteiger charge is 2.27. The summed E-state index contributed by atoms with van der Waals surface area (Å²) in [5.74, 6) is 0.156. The van der Waals surface area contributed by atoms with Crippen molar-refractivity contribution in [1.82, 2.24) is 4.90 Å². The van der Waals surface area contributed by atoms with Crippen molar-refractivity contribution in [1.29, 1.82) is 0 Å². The SMILES string of the molecule is CNc1ccc(C)cc1C(=O)N1CCCC1C. The highest BCUT2D eigenvalue weighted by molar-refractivity contribution is 6.00. The average molecular weight is 232 g/mol. The third kappa shape index (κ3) is 2.28. The molecule has 17 heavy (non-hydrogen) atoms. The van der Waals surface area contributed by atoms with Crippen LogP contribution in [-0.2, 0) is 0 Å². The van der Waals surface area contributed by atoms with E-state index in [0.717, 1.165) is 36.2 Å². The molecule has 1 heterocycles. The van der Waals surface area contributed by atoms with Crippen LogP contribution in [0.15, 0.2) is 18.2 Å². The number of anilines is 1. The molecule has 1 unspecified atom stereocenters. The van der Waals surface area contributed by atoms with Gasteiger partial charge in [0.25, 0.3) is 5.91 Å². The van der Waals surface area contributed by atoms with Gasteiger partial charge in [-0.25, -0.2) is 0 Å². The van der Waals surface area contributed by atoms with Crippen LogP contribution in [0.2, 0.25) is 0 Å². The van der Waals surface area contributed by atoms with Gasteiger partial charge in [-0.15, -0.1) is 0 Å². The molecule has 0 spiro atoms. The molecule has 0 aromatic heterocycles. The number of carbonyl (C=O) groups excluding carboxylic acids is 1. The van der Waals surface area contributed by atoms with Gasteiger partial charge in [-0.3, -0.25) is 4.79 Å². The summed E-state index contributed by atoms with van der Waals surface area (Å²) in [5.41, 5.74) is 2.83. The molecule has 92 valence electrons. The molecule has 1 aliphatic heterocycles. The largest absolute Gasteiger partial charge is 0.387 e.